The molecule has 4 nitrogen and oxygen atoms in total. The van der Waals surface area contributed by atoms with E-state index in [1.165, 1.54) is 16.4 Å². The van der Waals surface area contributed by atoms with Crippen molar-refractivity contribution in [2.24, 2.45) is 0 Å². The molecule has 106 valence electrons. The minimum Gasteiger partial charge on any atom is -0.266 e. The summed E-state index contributed by atoms with van der Waals surface area (Å²) in [7, 11) is 0. The van der Waals surface area contributed by atoms with Crippen LogP contribution in [0.2, 0.25) is 5.02 Å². The van der Waals surface area contributed by atoms with Crippen molar-refractivity contribution < 1.29 is 0 Å². The van der Waals surface area contributed by atoms with Gasteiger partial charge in [-0.15, -0.1) is 11.8 Å². The summed E-state index contributed by atoms with van der Waals surface area (Å²) in [6.07, 6.45) is 5.14. The fraction of sp³-hybridized carbons (Fsp3) is 0.357. The van der Waals surface area contributed by atoms with Crippen LogP contribution < -0.4 is 5.56 Å². The molecule has 6 heteroatoms. The van der Waals surface area contributed by atoms with Crippen LogP contribution in [0.4, 0.5) is 0 Å². The normalized spacial score (nSPS) is 11.6. The molecule has 0 saturated carbocycles. The zero-order valence-corrected chi connectivity index (χ0v) is 13.2. The second kappa shape index (κ2) is 5.97. The van der Waals surface area contributed by atoms with Crippen LogP contribution >= 0.6 is 23.4 Å². The summed E-state index contributed by atoms with van der Waals surface area (Å²) >= 11 is 7.66. The molecular formula is C14H16ClN3OS. The van der Waals surface area contributed by atoms with E-state index >= 15 is 0 Å². The predicted octanol–water partition coefficient (Wildman–Crippen LogP) is 3.34. The van der Waals surface area contributed by atoms with Gasteiger partial charge in [0.1, 0.15) is 5.02 Å². The van der Waals surface area contributed by atoms with Crippen LogP contribution in [0, 0.1) is 0 Å². The molecule has 2 aromatic rings. The highest BCUT2D eigenvalue weighted by atomic mass is 35.5. The van der Waals surface area contributed by atoms with E-state index in [1.807, 2.05) is 32.9 Å². The maximum Gasteiger partial charge on any atom is 0.287 e. The highest BCUT2D eigenvalue weighted by Gasteiger charge is 2.19. The van der Waals surface area contributed by atoms with Crippen LogP contribution in [-0.4, -0.2) is 14.8 Å². The van der Waals surface area contributed by atoms with Crippen molar-refractivity contribution in [3.05, 3.63) is 51.7 Å². The Balaban J connectivity index is 2.23. The summed E-state index contributed by atoms with van der Waals surface area (Å²) in [5, 5.41) is 4.44. The summed E-state index contributed by atoms with van der Waals surface area (Å²) in [6, 6.07) is 3.87. The average Bonchev–Trinajstić information content (AvgIpc) is 2.40. The predicted molar refractivity (Wildman–Crippen MR) is 82.3 cm³/mol. The number of hydrogen-bond acceptors (Lipinski definition) is 4. The zero-order valence-electron chi connectivity index (χ0n) is 11.6. The number of hydrogen-bond donors (Lipinski definition) is 0. The van der Waals surface area contributed by atoms with E-state index in [2.05, 4.69) is 10.1 Å². The lowest BCUT2D eigenvalue weighted by atomic mass is 10.1. The minimum atomic E-state index is -0.380. The largest absolute Gasteiger partial charge is 0.287 e. The Labute approximate surface area is 127 Å². The third kappa shape index (κ3) is 3.41. The number of pyridine rings is 1. The van der Waals surface area contributed by atoms with Gasteiger partial charge in [0.25, 0.3) is 5.56 Å². The van der Waals surface area contributed by atoms with E-state index in [-0.39, 0.29) is 16.1 Å². The molecular weight excluding hydrogens is 294 g/mol. The third-order valence-corrected chi connectivity index (χ3v) is 4.24. The quantitative estimate of drug-likeness (QED) is 0.816. The summed E-state index contributed by atoms with van der Waals surface area (Å²) in [5.41, 5.74) is 0.495. The molecule has 0 amide bonds. The molecule has 20 heavy (non-hydrogen) atoms. The van der Waals surface area contributed by atoms with Crippen LogP contribution in [0.5, 0.6) is 0 Å². The van der Waals surface area contributed by atoms with Crippen molar-refractivity contribution >= 4 is 23.4 Å². The van der Waals surface area contributed by atoms with Gasteiger partial charge < -0.3 is 0 Å². The van der Waals surface area contributed by atoms with Crippen molar-refractivity contribution in [1.29, 1.82) is 0 Å². The SMILES string of the molecule is CC(C)(C)n1ncc(SCc2ccncc2)c(Cl)c1=O. The Bertz CT molecular complexity index is 650. The summed E-state index contributed by atoms with van der Waals surface area (Å²) < 4.78 is 1.41. The van der Waals surface area contributed by atoms with Crippen molar-refractivity contribution in [2.45, 2.75) is 37.0 Å². The van der Waals surface area contributed by atoms with Gasteiger partial charge in [0, 0.05) is 18.1 Å². The average molecular weight is 310 g/mol. The molecule has 0 saturated heterocycles. The van der Waals surface area contributed by atoms with Crippen LogP contribution in [0.25, 0.3) is 0 Å². The van der Waals surface area contributed by atoms with Gasteiger partial charge in [-0.3, -0.25) is 9.78 Å². The van der Waals surface area contributed by atoms with Crippen LogP contribution in [-0.2, 0) is 11.3 Å². The van der Waals surface area contributed by atoms with Crippen molar-refractivity contribution in [1.82, 2.24) is 14.8 Å². The Kier molecular flexibility index (Phi) is 4.50. The first kappa shape index (κ1) is 15.1. The Morgan fingerprint density at radius 1 is 1.30 bits per heavy atom. The molecule has 2 rings (SSSR count). The van der Waals surface area contributed by atoms with Crippen LogP contribution in [0.15, 0.2) is 40.4 Å². The highest BCUT2D eigenvalue weighted by molar-refractivity contribution is 7.98. The highest BCUT2D eigenvalue weighted by Crippen LogP contribution is 2.27. The van der Waals surface area contributed by atoms with E-state index in [0.29, 0.717) is 4.90 Å². The van der Waals surface area contributed by atoms with E-state index in [0.717, 1.165) is 11.3 Å². The van der Waals surface area contributed by atoms with E-state index in [1.54, 1.807) is 18.6 Å². The number of nitrogens with zero attached hydrogens (tertiary/aromatic N) is 3. The van der Waals surface area contributed by atoms with E-state index in [9.17, 15) is 4.79 Å². The van der Waals surface area contributed by atoms with E-state index < -0.39 is 0 Å². The van der Waals surface area contributed by atoms with Gasteiger partial charge in [0.2, 0.25) is 0 Å². The fourth-order valence-electron chi connectivity index (χ4n) is 1.64. The first-order valence-electron chi connectivity index (χ1n) is 6.19. The van der Waals surface area contributed by atoms with Gasteiger partial charge in [0.15, 0.2) is 0 Å². The number of thioether (sulfide) groups is 1. The summed E-state index contributed by atoms with van der Waals surface area (Å²) in [5.74, 6) is 0.725. The lowest BCUT2D eigenvalue weighted by molar-refractivity contribution is 0.336. The van der Waals surface area contributed by atoms with Gasteiger partial charge in [-0.1, -0.05) is 11.6 Å². The second-order valence-corrected chi connectivity index (χ2v) is 6.75. The maximum atomic E-state index is 12.2. The topological polar surface area (TPSA) is 47.8 Å². The lowest BCUT2D eigenvalue weighted by Gasteiger charge is -2.21. The minimum absolute atomic E-state index is 0.231. The van der Waals surface area contributed by atoms with Gasteiger partial charge >= 0.3 is 0 Å². The summed E-state index contributed by atoms with van der Waals surface area (Å²) in [4.78, 5) is 16.9. The molecule has 0 atom stereocenters. The first-order chi connectivity index (χ1) is 9.39. The fourth-order valence-corrected chi connectivity index (χ4v) is 2.78. The Hall–Kier alpha value is -1.33. The third-order valence-electron chi connectivity index (χ3n) is 2.67. The molecule has 0 bridgehead atoms. The zero-order chi connectivity index (χ0) is 14.8. The molecule has 0 aromatic carbocycles. The molecule has 0 spiro atoms. The monoisotopic (exact) mass is 309 g/mol. The lowest BCUT2D eigenvalue weighted by Crippen LogP contribution is -2.36. The molecule has 0 aliphatic rings. The Morgan fingerprint density at radius 3 is 2.55 bits per heavy atom. The summed E-state index contributed by atoms with van der Waals surface area (Å²) in [6.45, 7) is 5.75. The number of halogens is 1. The smallest absolute Gasteiger partial charge is 0.266 e. The van der Waals surface area contributed by atoms with Crippen molar-refractivity contribution in [3.8, 4) is 0 Å². The molecule has 2 aromatic heterocycles. The molecule has 0 unspecified atom stereocenters. The molecule has 0 aliphatic carbocycles. The van der Waals surface area contributed by atoms with Gasteiger partial charge in [0.05, 0.1) is 16.6 Å². The molecule has 0 fully saturated rings. The maximum absolute atomic E-state index is 12.2. The number of rotatable bonds is 3. The van der Waals surface area contributed by atoms with Crippen molar-refractivity contribution in [2.75, 3.05) is 0 Å². The number of aromatic nitrogens is 3. The van der Waals surface area contributed by atoms with Gasteiger partial charge in [-0.05, 0) is 38.5 Å². The molecule has 2 heterocycles. The standard InChI is InChI=1S/C14H16ClN3OS/c1-14(2,3)18-13(19)12(15)11(8-17-18)20-9-10-4-6-16-7-5-10/h4-8H,9H2,1-3H3. The molecule has 0 radical (unpaired) electrons. The van der Waals surface area contributed by atoms with E-state index in [4.69, 9.17) is 11.6 Å². The molecule has 0 N–H and O–H groups in total. The van der Waals surface area contributed by atoms with Crippen LogP contribution in [0.1, 0.15) is 26.3 Å². The first-order valence-corrected chi connectivity index (χ1v) is 7.56. The van der Waals surface area contributed by atoms with Crippen LogP contribution in [0.3, 0.4) is 0 Å². The molecule has 0 aliphatic heterocycles. The Morgan fingerprint density at radius 2 is 1.95 bits per heavy atom. The van der Waals surface area contributed by atoms with Gasteiger partial charge in [-0.2, -0.15) is 5.10 Å². The van der Waals surface area contributed by atoms with Gasteiger partial charge in [-0.25, -0.2) is 4.68 Å². The van der Waals surface area contributed by atoms with Crippen molar-refractivity contribution in [3.63, 3.8) is 0 Å². The second-order valence-electron chi connectivity index (χ2n) is 5.35.